The topological polar surface area (TPSA) is 72.7 Å². The Kier molecular flexibility index (Phi) is 6.37. The maximum Gasteiger partial charge on any atom is 0.234 e. The van der Waals surface area contributed by atoms with Crippen molar-refractivity contribution in [1.29, 1.82) is 0 Å². The lowest BCUT2D eigenvalue weighted by atomic mass is 10.1. The average Bonchev–Trinajstić information content (AvgIpc) is 3.20. The third-order valence-electron chi connectivity index (χ3n) is 5.09. The molecule has 0 aliphatic rings. The van der Waals surface area contributed by atoms with Crippen LogP contribution in [0, 0.1) is 27.7 Å². The van der Waals surface area contributed by atoms with Crippen molar-refractivity contribution in [1.82, 2.24) is 19.7 Å². The quantitative estimate of drug-likeness (QED) is 0.410. The molecule has 162 valence electrons. The van der Waals surface area contributed by atoms with Crippen LogP contribution in [0.15, 0.2) is 66.0 Å². The summed E-state index contributed by atoms with van der Waals surface area (Å²) in [5.41, 5.74) is 6.98. The number of hydrogen-bond donors (Lipinski definition) is 1. The van der Waals surface area contributed by atoms with Gasteiger partial charge in [-0.05, 0) is 63.1 Å². The number of aryl methyl sites for hydroxylation is 4. The van der Waals surface area contributed by atoms with Crippen LogP contribution in [0.4, 0.5) is 5.69 Å². The van der Waals surface area contributed by atoms with Crippen LogP contribution in [-0.4, -0.2) is 31.4 Å². The molecule has 6 nitrogen and oxygen atoms in total. The van der Waals surface area contributed by atoms with Gasteiger partial charge in [-0.2, -0.15) is 0 Å². The van der Waals surface area contributed by atoms with Crippen molar-refractivity contribution in [3.63, 3.8) is 0 Å². The summed E-state index contributed by atoms with van der Waals surface area (Å²) >= 11 is 1.35. The fourth-order valence-corrected chi connectivity index (χ4v) is 4.39. The average molecular weight is 444 g/mol. The number of anilines is 1. The van der Waals surface area contributed by atoms with Gasteiger partial charge in [0.25, 0.3) is 0 Å². The number of nitrogens with one attached hydrogen (secondary N) is 1. The van der Waals surface area contributed by atoms with Crippen LogP contribution in [-0.2, 0) is 4.79 Å². The van der Waals surface area contributed by atoms with E-state index in [1.807, 2.05) is 67.8 Å². The molecule has 1 amide bonds. The summed E-state index contributed by atoms with van der Waals surface area (Å²) in [4.78, 5) is 17.2. The number of benzene rings is 2. The van der Waals surface area contributed by atoms with Gasteiger partial charge < -0.3 is 5.32 Å². The second-order valence-corrected chi connectivity index (χ2v) is 8.75. The van der Waals surface area contributed by atoms with Crippen molar-refractivity contribution in [2.45, 2.75) is 32.9 Å². The zero-order chi connectivity index (χ0) is 22.7. The van der Waals surface area contributed by atoms with E-state index < -0.39 is 0 Å². The molecule has 0 spiro atoms. The Bertz CT molecular complexity index is 1230. The molecule has 2 heterocycles. The summed E-state index contributed by atoms with van der Waals surface area (Å²) < 4.78 is 1.95. The Morgan fingerprint density at radius 1 is 0.938 bits per heavy atom. The Balaban J connectivity index is 1.59. The molecule has 0 radical (unpaired) electrons. The molecule has 1 N–H and O–H groups in total. The minimum Gasteiger partial charge on any atom is -0.325 e. The normalized spacial score (nSPS) is 10.9. The number of carbonyl (C=O) groups is 1. The minimum atomic E-state index is -0.0807. The molecule has 0 saturated carbocycles. The highest BCUT2D eigenvalue weighted by atomic mass is 32.2. The summed E-state index contributed by atoms with van der Waals surface area (Å²) in [6.45, 7) is 8.12. The lowest BCUT2D eigenvalue weighted by molar-refractivity contribution is -0.113. The predicted molar refractivity (Wildman–Crippen MR) is 129 cm³/mol. The Morgan fingerprint density at radius 2 is 1.66 bits per heavy atom. The number of aromatic nitrogens is 4. The molecule has 32 heavy (non-hydrogen) atoms. The monoisotopic (exact) mass is 443 g/mol. The first-order valence-corrected chi connectivity index (χ1v) is 11.4. The molecule has 7 heteroatoms. The van der Waals surface area contributed by atoms with E-state index in [9.17, 15) is 4.79 Å². The first kappa shape index (κ1) is 21.8. The molecule has 0 fully saturated rings. The number of thioether (sulfide) groups is 1. The van der Waals surface area contributed by atoms with Gasteiger partial charge in [0.1, 0.15) is 5.69 Å². The number of carbonyl (C=O) groups excluding carboxylic acids is 1. The van der Waals surface area contributed by atoms with Crippen LogP contribution in [0.1, 0.15) is 22.3 Å². The van der Waals surface area contributed by atoms with Crippen LogP contribution in [0.2, 0.25) is 0 Å². The lowest BCUT2D eigenvalue weighted by Crippen LogP contribution is -2.16. The van der Waals surface area contributed by atoms with E-state index in [1.165, 1.54) is 22.9 Å². The molecule has 2 aromatic carbocycles. The fourth-order valence-electron chi connectivity index (χ4n) is 3.63. The maximum absolute atomic E-state index is 12.7. The summed E-state index contributed by atoms with van der Waals surface area (Å²) in [7, 11) is 0. The van der Waals surface area contributed by atoms with Gasteiger partial charge in [0.2, 0.25) is 5.91 Å². The third-order valence-corrected chi connectivity index (χ3v) is 6.02. The van der Waals surface area contributed by atoms with Crippen LogP contribution in [0.5, 0.6) is 0 Å². The Morgan fingerprint density at radius 3 is 2.31 bits per heavy atom. The predicted octanol–water partition coefficient (Wildman–Crippen LogP) is 5.29. The summed E-state index contributed by atoms with van der Waals surface area (Å²) in [6.07, 6.45) is 1.73. The van der Waals surface area contributed by atoms with Gasteiger partial charge in [-0.25, -0.2) is 0 Å². The number of hydrogen-bond acceptors (Lipinski definition) is 5. The first-order chi connectivity index (χ1) is 15.4. The van der Waals surface area contributed by atoms with E-state index in [4.69, 9.17) is 0 Å². The number of rotatable bonds is 6. The molecule has 0 saturated heterocycles. The van der Waals surface area contributed by atoms with Gasteiger partial charge >= 0.3 is 0 Å². The minimum absolute atomic E-state index is 0.0807. The molecule has 2 aromatic heterocycles. The van der Waals surface area contributed by atoms with Crippen molar-refractivity contribution in [3.05, 3.63) is 83.0 Å². The van der Waals surface area contributed by atoms with E-state index >= 15 is 0 Å². The van der Waals surface area contributed by atoms with Gasteiger partial charge in [0, 0.05) is 17.6 Å². The fraction of sp³-hybridized carbons (Fsp3) is 0.200. The highest BCUT2D eigenvalue weighted by molar-refractivity contribution is 7.99. The summed E-state index contributed by atoms with van der Waals surface area (Å²) in [5.74, 6) is 0.782. The first-order valence-electron chi connectivity index (χ1n) is 10.4. The van der Waals surface area contributed by atoms with Gasteiger partial charge in [0.05, 0.1) is 5.75 Å². The lowest BCUT2D eigenvalue weighted by Gasteiger charge is -2.13. The Labute approximate surface area is 192 Å². The molecule has 4 rings (SSSR count). The van der Waals surface area contributed by atoms with E-state index in [1.54, 1.807) is 6.20 Å². The number of nitrogens with zero attached hydrogens (tertiary/aromatic N) is 4. The SMILES string of the molecule is Cc1ccc(-n2c(SCC(=O)Nc3c(C)cc(C)cc3C)nnc2-c2ccccn2)cc1. The van der Waals surface area contributed by atoms with Gasteiger partial charge in [-0.3, -0.25) is 14.3 Å². The van der Waals surface area contributed by atoms with Crippen LogP contribution >= 0.6 is 11.8 Å². The Hall–Kier alpha value is -3.45. The van der Waals surface area contributed by atoms with E-state index in [0.29, 0.717) is 11.0 Å². The number of pyridine rings is 1. The van der Waals surface area contributed by atoms with E-state index in [2.05, 4.69) is 39.6 Å². The highest BCUT2D eigenvalue weighted by Gasteiger charge is 2.18. The van der Waals surface area contributed by atoms with Crippen molar-refractivity contribution < 1.29 is 4.79 Å². The summed E-state index contributed by atoms with van der Waals surface area (Å²) in [5, 5.41) is 12.4. The smallest absolute Gasteiger partial charge is 0.234 e. The third kappa shape index (κ3) is 4.73. The molecular weight excluding hydrogens is 418 g/mol. The van der Waals surface area contributed by atoms with Gasteiger partial charge in [0.15, 0.2) is 11.0 Å². The van der Waals surface area contributed by atoms with Crippen molar-refractivity contribution in [2.24, 2.45) is 0 Å². The maximum atomic E-state index is 12.7. The van der Waals surface area contributed by atoms with Crippen LogP contribution < -0.4 is 5.32 Å². The molecule has 0 unspecified atom stereocenters. The van der Waals surface area contributed by atoms with Gasteiger partial charge in [-0.15, -0.1) is 10.2 Å². The van der Waals surface area contributed by atoms with Crippen LogP contribution in [0.25, 0.3) is 17.2 Å². The number of amides is 1. The highest BCUT2D eigenvalue weighted by Crippen LogP contribution is 2.28. The molecule has 0 aliphatic carbocycles. The second-order valence-electron chi connectivity index (χ2n) is 7.80. The summed E-state index contributed by atoms with van der Waals surface area (Å²) in [6, 6.07) is 18.0. The van der Waals surface area contributed by atoms with Crippen molar-refractivity contribution >= 4 is 23.4 Å². The molecular formula is C25H25N5OS. The zero-order valence-corrected chi connectivity index (χ0v) is 19.4. The molecule has 0 atom stereocenters. The van der Waals surface area contributed by atoms with Crippen LogP contribution in [0.3, 0.4) is 0 Å². The standard InChI is InChI=1S/C25H25N5OS/c1-16-8-10-20(11-9-16)30-24(21-7-5-6-12-26-21)28-29-25(30)32-15-22(31)27-23-18(3)13-17(2)14-19(23)4/h5-14H,15H2,1-4H3,(H,27,31). The second kappa shape index (κ2) is 9.36. The van der Waals surface area contributed by atoms with E-state index in [0.717, 1.165) is 28.2 Å². The van der Waals surface area contributed by atoms with E-state index in [-0.39, 0.29) is 11.7 Å². The largest absolute Gasteiger partial charge is 0.325 e. The van der Waals surface area contributed by atoms with Gasteiger partial charge in [-0.1, -0.05) is 53.2 Å². The zero-order valence-electron chi connectivity index (χ0n) is 18.6. The van der Waals surface area contributed by atoms with Crippen molar-refractivity contribution in [3.8, 4) is 17.2 Å². The molecule has 4 aromatic rings. The molecule has 0 bridgehead atoms. The molecule has 0 aliphatic heterocycles. The van der Waals surface area contributed by atoms with Crippen molar-refractivity contribution in [2.75, 3.05) is 11.1 Å².